The molecule has 18 N–H and O–H groups in total. The van der Waals surface area contributed by atoms with Gasteiger partial charge in [-0.3, -0.25) is 67.8 Å². The van der Waals surface area contributed by atoms with Crippen LogP contribution in [0.15, 0.2) is 60.8 Å². The molecule has 30 heteroatoms. The first-order valence-electron chi connectivity index (χ1n) is 30.4. The van der Waals surface area contributed by atoms with Crippen molar-refractivity contribution in [2.75, 3.05) is 39.3 Å². The Kier molecular flexibility index (Phi) is 28.9. The second-order valence-corrected chi connectivity index (χ2v) is 22.7. The van der Waals surface area contributed by atoms with Gasteiger partial charge in [-0.25, -0.2) is 0 Å². The number of carbonyl (C=O) groups excluding carboxylic acids is 10. The van der Waals surface area contributed by atoms with E-state index < -0.39 is 145 Å². The number of hydrogen-bond donors (Lipinski definition) is 16. The smallest absolute Gasteiger partial charge is 0.317 e. The Morgan fingerprint density at radius 1 is 0.744 bits per heavy atom. The van der Waals surface area contributed by atoms with E-state index in [1.807, 2.05) is 25.1 Å². The van der Waals surface area contributed by atoms with E-state index in [4.69, 9.17) is 16.9 Å². The molecule has 2 aromatic carbocycles. The van der Waals surface area contributed by atoms with Crippen molar-refractivity contribution in [1.82, 2.24) is 62.6 Å². The highest BCUT2D eigenvalue weighted by Gasteiger charge is 2.43. The van der Waals surface area contributed by atoms with Crippen molar-refractivity contribution in [2.45, 2.75) is 171 Å². The Balaban J connectivity index is 1.48. The summed E-state index contributed by atoms with van der Waals surface area (Å²) in [5.74, 6) is -10.8. The van der Waals surface area contributed by atoms with Gasteiger partial charge < -0.3 is 84.5 Å². The SMILES string of the molecule is CCCC[C@H](NC(=O)[C@H](CCCCN(CC(=O)O)CC(=O)O)NC(C)=O)C(=O)N[C@H]1CCC(=O)NCCCC[C@@H](C(N)=O)NC(=O)[C@H](Cc2c[nH]c3ccccc23)NC(=O)[C@H](CCCNC(=N)N)NC(=O)[C@@H](Cc2ccccc2)NC(=O)[C@@H]2C[C@@H](O)CN2C1=O. The van der Waals surface area contributed by atoms with E-state index in [2.05, 4.69) is 52.8 Å². The molecule has 5 rings (SSSR count). The molecule has 492 valence electrons. The summed E-state index contributed by atoms with van der Waals surface area (Å²) in [5, 5.41) is 62.4. The van der Waals surface area contributed by atoms with Gasteiger partial charge in [-0.15, -0.1) is 0 Å². The first-order chi connectivity index (χ1) is 42.9. The number of nitrogens with one attached hydrogen (secondary N) is 11. The topological polar surface area (TPSA) is 472 Å². The number of aromatic nitrogens is 1. The van der Waals surface area contributed by atoms with Crippen molar-refractivity contribution in [3.8, 4) is 0 Å². The van der Waals surface area contributed by atoms with Crippen molar-refractivity contribution in [1.29, 1.82) is 5.41 Å². The third kappa shape index (κ3) is 23.7. The number of primary amides is 1. The number of rotatable bonds is 26. The molecule has 90 heavy (non-hydrogen) atoms. The minimum atomic E-state index is -1.58. The number of amides is 10. The van der Waals surface area contributed by atoms with Crippen LogP contribution in [0.5, 0.6) is 0 Å². The van der Waals surface area contributed by atoms with Gasteiger partial charge in [0.2, 0.25) is 59.1 Å². The highest BCUT2D eigenvalue weighted by Crippen LogP contribution is 2.23. The molecule has 0 spiro atoms. The lowest BCUT2D eigenvalue weighted by molar-refractivity contribution is -0.143. The average Bonchev–Trinajstić information content (AvgIpc) is 2.43. The van der Waals surface area contributed by atoms with E-state index in [1.165, 1.54) is 11.8 Å². The molecule has 0 saturated carbocycles. The second kappa shape index (κ2) is 36.3. The Hall–Kier alpha value is -9.19. The molecule has 2 aliphatic rings. The summed E-state index contributed by atoms with van der Waals surface area (Å²) in [6.07, 6.45) is 0.998. The van der Waals surface area contributed by atoms with Gasteiger partial charge >= 0.3 is 11.9 Å². The summed E-state index contributed by atoms with van der Waals surface area (Å²) in [6.45, 7) is 1.66. The maximum Gasteiger partial charge on any atom is 0.317 e. The molecule has 2 aliphatic heterocycles. The molecule has 2 saturated heterocycles. The number of carboxylic acid groups (broad SMARTS) is 2. The molecule has 10 amide bonds. The lowest BCUT2D eigenvalue weighted by Gasteiger charge is -2.31. The van der Waals surface area contributed by atoms with E-state index in [1.54, 1.807) is 42.6 Å². The third-order valence-electron chi connectivity index (χ3n) is 15.4. The van der Waals surface area contributed by atoms with Crippen LogP contribution in [0.25, 0.3) is 10.9 Å². The normalized spacial score (nSPS) is 21.6. The van der Waals surface area contributed by atoms with E-state index in [-0.39, 0.29) is 115 Å². The average molecular weight is 1260 g/mol. The molecule has 0 bridgehead atoms. The molecule has 3 heterocycles. The quantitative estimate of drug-likeness (QED) is 0.0235. The van der Waals surface area contributed by atoms with Crippen LogP contribution in [0.3, 0.4) is 0 Å². The summed E-state index contributed by atoms with van der Waals surface area (Å²) >= 11 is 0. The van der Waals surface area contributed by atoms with Gasteiger partial charge in [0.25, 0.3) is 0 Å². The maximum absolute atomic E-state index is 15.0. The second-order valence-electron chi connectivity index (χ2n) is 22.7. The number of unbranched alkanes of at least 4 members (excludes halogenated alkanes) is 2. The number of carboxylic acids is 2. The van der Waals surface area contributed by atoms with E-state index in [0.29, 0.717) is 24.0 Å². The van der Waals surface area contributed by atoms with Crippen LogP contribution in [0.1, 0.15) is 115 Å². The zero-order valence-corrected chi connectivity index (χ0v) is 50.8. The van der Waals surface area contributed by atoms with Gasteiger partial charge in [-0.1, -0.05) is 68.3 Å². The van der Waals surface area contributed by atoms with Crippen LogP contribution in [-0.2, 0) is 70.4 Å². The number of para-hydroxylation sites is 1. The fraction of sp³-hybridized carbons (Fsp3) is 0.550. The number of guanidine groups is 1. The van der Waals surface area contributed by atoms with Crippen LogP contribution >= 0.6 is 0 Å². The van der Waals surface area contributed by atoms with E-state index in [9.17, 15) is 68.1 Å². The van der Waals surface area contributed by atoms with Gasteiger partial charge in [0, 0.05) is 69.3 Å². The molecular formula is C60H87N15O15. The van der Waals surface area contributed by atoms with Crippen molar-refractivity contribution >= 4 is 87.9 Å². The molecule has 2 fully saturated rings. The Morgan fingerprint density at radius 3 is 2.06 bits per heavy atom. The predicted octanol–water partition coefficient (Wildman–Crippen LogP) is -2.01. The maximum atomic E-state index is 15.0. The minimum absolute atomic E-state index is 0.00198. The van der Waals surface area contributed by atoms with Crippen molar-refractivity contribution in [3.05, 3.63) is 71.9 Å². The summed E-state index contributed by atoms with van der Waals surface area (Å²) in [4.78, 5) is 169. The predicted molar refractivity (Wildman–Crippen MR) is 327 cm³/mol. The molecule has 30 nitrogen and oxygen atoms in total. The first kappa shape index (κ1) is 71.6. The van der Waals surface area contributed by atoms with Crippen molar-refractivity contribution < 1.29 is 72.9 Å². The standard InChI is InChI=1S/C60H87N15O15/c1-3-4-18-43(69-53(84)42(67-35(2)76)21-11-13-27-74(33-50(79)80)34-51(81)82)54(85)71-45-23-24-49(78)64-25-12-10-20-41(52(61)83)68-57(88)47(29-37-31-66-40-19-9-8-17-39(37)40)72-55(86)44(22-14-26-65-60(62)63)70-56(87)46(28-36-15-6-5-7-16-36)73-58(89)48-30-38(77)32-75(48)59(45)90/h5-9,15-17,19,31,38,41-48,66,77H,3-4,10-14,18,20-30,32-34H2,1-2H3,(H2,61,83)(H,64,78)(H,67,76)(H,68,88)(H,69,84)(H,70,87)(H,71,85)(H,72,86)(H,73,89)(H,79,80)(H,81,82)(H4,62,63,65)/t38-,41+,42+,43+,44+,45+,46-,47+,48+/m1/s1. The number of hydrogen-bond acceptors (Lipinski definition) is 15. The molecule has 1 aromatic heterocycles. The number of nitrogens with zero attached hydrogens (tertiary/aromatic N) is 2. The van der Waals surface area contributed by atoms with Crippen LogP contribution < -0.4 is 59.3 Å². The van der Waals surface area contributed by atoms with E-state index >= 15 is 4.79 Å². The fourth-order valence-corrected chi connectivity index (χ4v) is 10.8. The molecule has 0 unspecified atom stereocenters. The molecule has 3 aromatic rings. The Morgan fingerprint density at radius 2 is 1.38 bits per heavy atom. The number of H-pyrrole nitrogens is 1. The zero-order valence-electron chi connectivity index (χ0n) is 50.8. The monoisotopic (exact) mass is 1260 g/mol. The van der Waals surface area contributed by atoms with Gasteiger partial charge in [0.05, 0.1) is 19.2 Å². The van der Waals surface area contributed by atoms with Crippen LogP contribution in [-0.4, -0.2) is 201 Å². The number of carbonyl (C=O) groups is 12. The highest BCUT2D eigenvalue weighted by molar-refractivity contribution is 5.99. The lowest BCUT2D eigenvalue weighted by atomic mass is 10.0. The number of fused-ring (bicyclic) bond motifs is 2. The summed E-state index contributed by atoms with van der Waals surface area (Å²) in [6, 6.07) is 4.68. The summed E-state index contributed by atoms with van der Waals surface area (Å²) < 4.78 is 0. The van der Waals surface area contributed by atoms with Gasteiger partial charge in [-0.2, -0.15) is 0 Å². The zero-order chi connectivity index (χ0) is 65.9. The minimum Gasteiger partial charge on any atom is -0.480 e. The van der Waals surface area contributed by atoms with Crippen molar-refractivity contribution in [2.24, 2.45) is 11.5 Å². The van der Waals surface area contributed by atoms with Gasteiger partial charge in [0.15, 0.2) is 5.96 Å². The van der Waals surface area contributed by atoms with Crippen molar-refractivity contribution in [3.63, 3.8) is 0 Å². The Bertz CT molecular complexity index is 2980. The number of benzene rings is 2. The molecule has 0 aliphatic carbocycles. The first-order valence-corrected chi connectivity index (χ1v) is 30.4. The third-order valence-corrected chi connectivity index (χ3v) is 15.4. The fourth-order valence-electron chi connectivity index (χ4n) is 10.8. The number of aliphatic hydroxyl groups excluding tert-OH is 1. The number of aromatic amines is 1. The molecule has 0 radical (unpaired) electrons. The molecule has 9 atom stereocenters. The summed E-state index contributed by atoms with van der Waals surface area (Å²) in [5.41, 5.74) is 13.3. The summed E-state index contributed by atoms with van der Waals surface area (Å²) in [7, 11) is 0. The molecular weight excluding hydrogens is 1170 g/mol. The lowest BCUT2D eigenvalue weighted by Crippen LogP contribution is -2.60. The van der Waals surface area contributed by atoms with Gasteiger partial charge in [-0.05, 0) is 87.9 Å². The highest BCUT2D eigenvalue weighted by atomic mass is 16.4. The van der Waals surface area contributed by atoms with Crippen LogP contribution in [0.4, 0.5) is 0 Å². The largest absolute Gasteiger partial charge is 0.480 e. The van der Waals surface area contributed by atoms with Crippen LogP contribution in [0.2, 0.25) is 0 Å². The van der Waals surface area contributed by atoms with Crippen LogP contribution in [0, 0.1) is 5.41 Å². The van der Waals surface area contributed by atoms with Gasteiger partial charge in [0.1, 0.15) is 48.3 Å². The number of aliphatic carboxylic acids is 2. The Labute approximate surface area is 520 Å². The number of aliphatic hydroxyl groups is 1. The van der Waals surface area contributed by atoms with E-state index in [0.717, 1.165) is 15.8 Å². The number of nitrogens with two attached hydrogens (primary N) is 2.